The molecule has 2 aliphatic heterocycles. The Kier molecular flexibility index (Phi) is 5.18. The minimum absolute atomic E-state index is 0.0734. The summed E-state index contributed by atoms with van der Waals surface area (Å²) in [6.45, 7) is 5.08. The number of ether oxygens (including phenoxy) is 2. The van der Waals surface area contributed by atoms with Gasteiger partial charge in [-0.2, -0.15) is 0 Å². The summed E-state index contributed by atoms with van der Waals surface area (Å²) in [5.41, 5.74) is 6.83. The molecule has 1 aromatic rings. The van der Waals surface area contributed by atoms with Gasteiger partial charge in [-0.25, -0.2) is 0 Å². The van der Waals surface area contributed by atoms with Crippen molar-refractivity contribution in [3.8, 4) is 5.75 Å². The summed E-state index contributed by atoms with van der Waals surface area (Å²) in [5.74, 6) is 0.233. The summed E-state index contributed by atoms with van der Waals surface area (Å²) in [6.07, 6.45) is 5.01. The van der Waals surface area contributed by atoms with Crippen LogP contribution in [-0.4, -0.2) is 43.7 Å². The number of primary amides is 1. The van der Waals surface area contributed by atoms with Gasteiger partial charge in [0, 0.05) is 26.3 Å². The molecule has 0 unspecified atom stereocenters. The van der Waals surface area contributed by atoms with Crippen LogP contribution in [0.25, 0.3) is 0 Å². The monoisotopic (exact) mass is 318 g/mol. The maximum atomic E-state index is 10.7. The highest BCUT2D eigenvalue weighted by Crippen LogP contribution is 2.39. The van der Waals surface area contributed by atoms with Gasteiger partial charge in [-0.1, -0.05) is 12.1 Å². The first-order valence-electron chi connectivity index (χ1n) is 8.45. The molecule has 3 rings (SSSR count). The van der Waals surface area contributed by atoms with E-state index >= 15 is 0 Å². The Bertz CT molecular complexity index is 518. The lowest BCUT2D eigenvalue weighted by Crippen LogP contribution is -2.45. The highest BCUT2D eigenvalue weighted by molar-refractivity contribution is 5.75. The third kappa shape index (κ3) is 4.45. The van der Waals surface area contributed by atoms with Crippen LogP contribution in [0.15, 0.2) is 24.3 Å². The average molecular weight is 318 g/mol. The lowest BCUT2D eigenvalue weighted by Gasteiger charge is -2.45. The Morgan fingerprint density at radius 2 is 1.96 bits per heavy atom. The molecule has 0 aliphatic carbocycles. The van der Waals surface area contributed by atoms with Crippen LogP contribution in [0.1, 0.15) is 31.2 Å². The average Bonchev–Trinajstić information content (AvgIpc) is 2.55. The van der Waals surface area contributed by atoms with Crippen molar-refractivity contribution in [3.63, 3.8) is 0 Å². The van der Waals surface area contributed by atoms with Crippen molar-refractivity contribution < 1.29 is 14.3 Å². The number of hydrogen-bond donors (Lipinski definition) is 1. The predicted octanol–water partition coefficient (Wildman–Crippen LogP) is 1.94. The van der Waals surface area contributed by atoms with Gasteiger partial charge in [0.05, 0.1) is 0 Å². The third-order valence-electron chi connectivity index (χ3n) is 5.00. The normalized spacial score (nSPS) is 21.2. The molecule has 2 fully saturated rings. The number of nitrogens with two attached hydrogens (primary N) is 1. The first kappa shape index (κ1) is 16.3. The van der Waals surface area contributed by atoms with Crippen LogP contribution >= 0.6 is 0 Å². The van der Waals surface area contributed by atoms with E-state index < -0.39 is 5.91 Å². The second-order valence-electron chi connectivity index (χ2n) is 6.83. The van der Waals surface area contributed by atoms with Crippen molar-refractivity contribution in [2.24, 2.45) is 11.1 Å². The second-order valence-corrected chi connectivity index (χ2v) is 6.83. The van der Waals surface area contributed by atoms with Gasteiger partial charge in [-0.15, -0.1) is 0 Å². The molecule has 2 heterocycles. The van der Waals surface area contributed by atoms with Crippen molar-refractivity contribution in [1.29, 1.82) is 0 Å². The minimum Gasteiger partial charge on any atom is -0.484 e. The standard InChI is InChI=1S/C18H26N2O3/c19-17(21)13-23-16-4-2-15(3-5-16)12-20-9-1-6-18(14-20)7-10-22-11-8-18/h2-5H,1,6-14H2,(H2,19,21). The molecule has 0 aromatic heterocycles. The Balaban J connectivity index is 1.55. The van der Waals surface area contributed by atoms with Crippen LogP contribution in [-0.2, 0) is 16.1 Å². The van der Waals surface area contributed by atoms with Gasteiger partial charge < -0.3 is 15.2 Å². The lowest BCUT2D eigenvalue weighted by molar-refractivity contribution is -0.119. The van der Waals surface area contributed by atoms with Gasteiger partial charge in [-0.05, 0) is 55.3 Å². The van der Waals surface area contributed by atoms with Crippen LogP contribution in [0.3, 0.4) is 0 Å². The number of likely N-dealkylation sites (tertiary alicyclic amines) is 1. The van der Waals surface area contributed by atoms with E-state index in [1.165, 1.54) is 44.3 Å². The number of carbonyl (C=O) groups is 1. The van der Waals surface area contributed by atoms with Crippen molar-refractivity contribution >= 4 is 5.91 Å². The Labute approximate surface area is 137 Å². The zero-order valence-corrected chi connectivity index (χ0v) is 13.6. The van der Waals surface area contributed by atoms with E-state index in [2.05, 4.69) is 17.0 Å². The van der Waals surface area contributed by atoms with Crippen LogP contribution < -0.4 is 10.5 Å². The molecule has 1 spiro atoms. The fourth-order valence-corrected chi connectivity index (χ4v) is 3.76. The third-order valence-corrected chi connectivity index (χ3v) is 5.00. The van der Waals surface area contributed by atoms with Crippen molar-refractivity contribution in [2.45, 2.75) is 32.2 Å². The van der Waals surface area contributed by atoms with E-state index in [9.17, 15) is 4.79 Å². The number of rotatable bonds is 5. The fraction of sp³-hybridized carbons (Fsp3) is 0.611. The molecule has 126 valence electrons. The summed E-state index contributed by atoms with van der Waals surface area (Å²) < 4.78 is 10.8. The van der Waals surface area contributed by atoms with Crippen LogP contribution in [0, 0.1) is 5.41 Å². The molecule has 0 atom stereocenters. The van der Waals surface area contributed by atoms with E-state index in [0.29, 0.717) is 11.2 Å². The predicted molar refractivity (Wildman–Crippen MR) is 88.1 cm³/mol. The summed E-state index contributed by atoms with van der Waals surface area (Å²) in [6, 6.07) is 7.96. The van der Waals surface area contributed by atoms with E-state index in [4.69, 9.17) is 15.2 Å². The molecule has 5 heteroatoms. The van der Waals surface area contributed by atoms with Gasteiger partial charge in [-0.3, -0.25) is 9.69 Å². The fourth-order valence-electron chi connectivity index (χ4n) is 3.76. The van der Waals surface area contributed by atoms with Crippen LogP contribution in [0.5, 0.6) is 5.75 Å². The smallest absolute Gasteiger partial charge is 0.255 e. The van der Waals surface area contributed by atoms with Gasteiger partial charge in [0.2, 0.25) is 0 Å². The van der Waals surface area contributed by atoms with Crippen molar-refractivity contribution in [2.75, 3.05) is 32.9 Å². The van der Waals surface area contributed by atoms with E-state index in [1.54, 1.807) is 0 Å². The molecule has 2 N–H and O–H groups in total. The molecule has 23 heavy (non-hydrogen) atoms. The summed E-state index contributed by atoms with van der Waals surface area (Å²) in [5, 5.41) is 0. The lowest BCUT2D eigenvalue weighted by atomic mass is 9.74. The zero-order chi connectivity index (χ0) is 16.1. The molecule has 0 radical (unpaired) electrons. The Morgan fingerprint density at radius 3 is 2.65 bits per heavy atom. The maximum absolute atomic E-state index is 10.7. The molecule has 5 nitrogen and oxygen atoms in total. The van der Waals surface area contributed by atoms with Gasteiger partial charge in [0.1, 0.15) is 5.75 Å². The highest BCUT2D eigenvalue weighted by Gasteiger charge is 2.36. The number of carbonyl (C=O) groups excluding carboxylic acids is 1. The van der Waals surface area contributed by atoms with Crippen molar-refractivity contribution in [3.05, 3.63) is 29.8 Å². The summed E-state index contributed by atoms with van der Waals surface area (Å²) in [4.78, 5) is 13.3. The topological polar surface area (TPSA) is 64.8 Å². The molecule has 2 saturated heterocycles. The number of benzene rings is 1. The van der Waals surface area contributed by atoms with E-state index in [1.807, 2.05) is 12.1 Å². The van der Waals surface area contributed by atoms with Crippen LogP contribution in [0.4, 0.5) is 0 Å². The first-order valence-corrected chi connectivity index (χ1v) is 8.45. The Morgan fingerprint density at radius 1 is 1.22 bits per heavy atom. The largest absolute Gasteiger partial charge is 0.484 e. The molecule has 1 amide bonds. The molecule has 0 bridgehead atoms. The molecule has 2 aliphatic rings. The SMILES string of the molecule is NC(=O)COc1ccc(CN2CCCC3(CCOCC3)C2)cc1. The highest BCUT2D eigenvalue weighted by atomic mass is 16.5. The minimum atomic E-state index is -0.454. The Hall–Kier alpha value is -1.59. The van der Waals surface area contributed by atoms with E-state index in [0.717, 1.165) is 19.8 Å². The van der Waals surface area contributed by atoms with Gasteiger partial charge in [0.15, 0.2) is 6.61 Å². The number of nitrogens with zero attached hydrogens (tertiary/aromatic N) is 1. The molecular formula is C18H26N2O3. The quantitative estimate of drug-likeness (QED) is 0.901. The first-order chi connectivity index (χ1) is 11.2. The summed E-state index contributed by atoms with van der Waals surface area (Å²) in [7, 11) is 0. The second kappa shape index (κ2) is 7.32. The molecular weight excluding hydrogens is 292 g/mol. The molecule has 0 saturated carbocycles. The maximum Gasteiger partial charge on any atom is 0.255 e. The van der Waals surface area contributed by atoms with Gasteiger partial charge in [0.25, 0.3) is 5.91 Å². The van der Waals surface area contributed by atoms with Crippen molar-refractivity contribution in [1.82, 2.24) is 4.90 Å². The number of amides is 1. The van der Waals surface area contributed by atoms with Gasteiger partial charge >= 0.3 is 0 Å². The number of hydrogen-bond acceptors (Lipinski definition) is 4. The van der Waals surface area contributed by atoms with Crippen LogP contribution in [0.2, 0.25) is 0 Å². The zero-order valence-electron chi connectivity index (χ0n) is 13.6. The molecule has 1 aromatic carbocycles. The van der Waals surface area contributed by atoms with E-state index in [-0.39, 0.29) is 6.61 Å². The number of piperidine rings is 1. The summed E-state index contributed by atoms with van der Waals surface area (Å²) >= 11 is 0.